The predicted octanol–water partition coefficient (Wildman–Crippen LogP) is 4.30. The maximum atomic E-state index is 12.0. The number of nitrogens with one attached hydrogen (secondary N) is 1. The molecule has 1 amide bonds. The number of nitrogens with zero attached hydrogens (tertiary/aromatic N) is 2. The molecule has 2 N–H and O–H groups in total. The van der Waals surface area contributed by atoms with E-state index in [1.807, 2.05) is 53.7 Å². The summed E-state index contributed by atoms with van der Waals surface area (Å²) in [7, 11) is 1.96. The van der Waals surface area contributed by atoms with Crippen molar-refractivity contribution in [3.05, 3.63) is 70.1 Å². The zero-order valence-corrected chi connectivity index (χ0v) is 17.3. The first kappa shape index (κ1) is 20.8. The summed E-state index contributed by atoms with van der Waals surface area (Å²) in [5, 5.41) is 14.7. The minimum absolute atomic E-state index is 0.0986. The number of hydrogen-bond donors (Lipinski definition) is 2. The van der Waals surface area contributed by atoms with Crippen LogP contribution in [0.2, 0.25) is 5.02 Å². The van der Waals surface area contributed by atoms with Crippen LogP contribution < -0.4 is 10.2 Å². The zero-order chi connectivity index (χ0) is 20.8. The second-order valence-electron chi connectivity index (χ2n) is 6.45. The van der Waals surface area contributed by atoms with E-state index in [2.05, 4.69) is 10.3 Å². The molecule has 150 valence electrons. The number of rotatable bonds is 8. The van der Waals surface area contributed by atoms with Gasteiger partial charge in [-0.05, 0) is 23.8 Å². The van der Waals surface area contributed by atoms with E-state index in [0.717, 1.165) is 22.0 Å². The molecule has 0 aliphatic rings. The normalized spacial score (nSPS) is 10.6. The quantitative estimate of drug-likeness (QED) is 0.557. The van der Waals surface area contributed by atoms with Gasteiger partial charge in [-0.1, -0.05) is 41.9 Å². The predicted molar refractivity (Wildman–Crippen MR) is 116 cm³/mol. The Bertz CT molecular complexity index is 1000. The Kier molecular flexibility index (Phi) is 6.85. The molecule has 1 heterocycles. The molecule has 29 heavy (non-hydrogen) atoms. The van der Waals surface area contributed by atoms with Gasteiger partial charge in [-0.15, -0.1) is 11.3 Å². The molecule has 0 saturated heterocycles. The second-order valence-corrected chi connectivity index (χ2v) is 7.69. The number of anilines is 1. The number of benzene rings is 2. The van der Waals surface area contributed by atoms with Crippen LogP contribution >= 0.6 is 22.9 Å². The fourth-order valence-corrected chi connectivity index (χ4v) is 3.75. The standard InChI is InChI=1S/C21H20ClN3O3S/c1-25(21-24-18(13-29-21)16-4-2-3-5-17(16)22)12-14-6-8-15(9-7-14)20(28)23-11-10-19(26)27/h2-9,13H,10-12H2,1H3,(H,23,28)(H,26,27). The zero-order valence-electron chi connectivity index (χ0n) is 15.8. The molecule has 6 nitrogen and oxygen atoms in total. The highest BCUT2D eigenvalue weighted by molar-refractivity contribution is 7.14. The summed E-state index contributed by atoms with van der Waals surface area (Å²) in [6, 6.07) is 14.8. The van der Waals surface area contributed by atoms with Crippen LogP contribution in [0.15, 0.2) is 53.9 Å². The molecule has 0 fully saturated rings. The van der Waals surface area contributed by atoms with Gasteiger partial charge in [-0.3, -0.25) is 9.59 Å². The highest BCUT2D eigenvalue weighted by Crippen LogP contribution is 2.31. The van der Waals surface area contributed by atoms with Gasteiger partial charge >= 0.3 is 5.97 Å². The summed E-state index contributed by atoms with van der Waals surface area (Å²) in [5.74, 6) is -1.22. The van der Waals surface area contributed by atoms with Crippen molar-refractivity contribution in [2.45, 2.75) is 13.0 Å². The van der Waals surface area contributed by atoms with E-state index in [4.69, 9.17) is 16.7 Å². The average molecular weight is 430 g/mol. The molecule has 0 atom stereocenters. The molecule has 0 saturated carbocycles. The average Bonchev–Trinajstić information content (AvgIpc) is 3.18. The maximum Gasteiger partial charge on any atom is 0.305 e. The molecule has 0 unspecified atom stereocenters. The molecule has 0 radical (unpaired) electrons. The number of halogens is 1. The summed E-state index contributed by atoms with van der Waals surface area (Å²) in [5.41, 5.74) is 3.28. The topological polar surface area (TPSA) is 82.5 Å². The van der Waals surface area contributed by atoms with Crippen molar-refractivity contribution < 1.29 is 14.7 Å². The number of amides is 1. The number of carboxylic acids is 1. The minimum Gasteiger partial charge on any atom is -0.481 e. The lowest BCUT2D eigenvalue weighted by Crippen LogP contribution is -2.26. The van der Waals surface area contributed by atoms with E-state index < -0.39 is 5.97 Å². The molecule has 0 bridgehead atoms. The van der Waals surface area contributed by atoms with Crippen molar-refractivity contribution in [1.29, 1.82) is 0 Å². The van der Waals surface area contributed by atoms with Crippen molar-refractivity contribution in [3.8, 4) is 11.3 Å². The molecule has 1 aromatic heterocycles. The summed E-state index contributed by atoms with van der Waals surface area (Å²) in [6.07, 6.45) is -0.0986. The Morgan fingerprint density at radius 1 is 1.17 bits per heavy atom. The number of carbonyl (C=O) groups excluding carboxylic acids is 1. The van der Waals surface area contributed by atoms with E-state index in [1.165, 1.54) is 0 Å². The van der Waals surface area contributed by atoms with Crippen molar-refractivity contribution >= 4 is 39.9 Å². The van der Waals surface area contributed by atoms with Gasteiger partial charge in [0, 0.05) is 41.7 Å². The van der Waals surface area contributed by atoms with Crippen molar-refractivity contribution in [1.82, 2.24) is 10.3 Å². The molecule has 0 aliphatic heterocycles. The maximum absolute atomic E-state index is 12.0. The molecule has 2 aromatic carbocycles. The lowest BCUT2D eigenvalue weighted by molar-refractivity contribution is -0.136. The summed E-state index contributed by atoms with van der Waals surface area (Å²) >= 11 is 7.80. The number of aliphatic carboxylic acids is 1. The van der Waals surface area contributed by atoms with Crippen LogP contribution in [0, 0.1) is 0 Å². The van der Waals surface area contributed by atoms with Crippen LogP contribution in [0.3, 0.4) is 0 Å². The molecule has 3 aromatic rings. The van der Waals surface area contributed by atoms with Crippen molar-refractivity contribution in [2.24, 2.45) is 0 Å². The van der Waals surface area contributed by atoms with Crippen LogP contribution in [0.5, 0.6) is 0 Å². The number of aromatic nitrogens is 1. The van der Waals surface area contributed by atoms with Crippen LogP contribution in [0.4, 0.5) is 5.13 Å². The number of carboxylic acid groups (broad SMARTS) is 1. The Hall–Kier alpha value is -2.90. The van der Waals surface area contributed by atoms with E-state index >= 15 is 0 Å². The number of carbonyl (C=O) groups is 2. The monoisotopic (exact) mass is 429 g/mol. The number of thiazole rings is 1. The SMILES string of the molecule is CN(Cc1ccc(C(=O)NCCC(=O)O)cc1)c1nc(-c2ccccc2Cl)cs1. The van der Waals surface area contributed by atoms with E-state index in [0.29, 0.717) is 17.1 Å². The highest BCUT2D eigenvalue weighted by atomic mass is 35.5. The smallest absolute Gasteiger partial charge is 0.305 e. The molecule has 0 spiro atoms. The van der Waals surface area contributed by atoms with Gasteiger partial charge in [-0.2, -0.15) is 0 Å². The van der Waals surface area contributed by atoms with Gasteiger partial charge in [0.05, 0.1) is 12.1 Å². The van der Waals surface area contributed by atoms with Gasteiger partial charge in [0.2, 0.25) is 0 Å². The van der Waals surface area contributed by atoms with Crippen LogP contribution in [-0.4, -0.2) is 35.6 Å². The van der Waals surface area contributed by atoms with Crippen LogP contribution in [0.1, 0.15) is 22.3 Å². The van der Waals surface area contributed by atoms with E-state index in [9.17, 15) is 9.59 Å². The molecule has 3 rings (SSSR count). The summed E-state index contributed by atoms with van der Waals surface area (Å²) in [4.78, 5) is 29.2. The Balaban J connectivity index is 1.61. The lowest BCUT2D eigenvalue weighted by atomic mass is 10.1. The molecule has 8 heteroatoms. The summed E-state index contributed by atoms with van der Waals surface area (Å²) in [6.45, 7) is 0.743. The Labute approximate surface area is 177 Å². The third kappa shape index (κ3) is 5.56. The minimum atomic E-state index is -0.941. The first-order valence-corrected chi connectivity index (χ1v) is 10.2. The lowest BCUT2D eigenvalue weighted by Gasteiger charge is -2.16. The first-order valence-electron chi connectivity index (χ1n) is 8.94. The number of hydrogen-bond acceptors (Lipinski definition) is 5. The fourth-order valence-electron chi connectivity index (χ4n) is 2.72. The first-order chi connectivity index (χ1) is 13.9. The highest BCUT2D eigenvalue weighted by Gasteiger charge is 2.12. The fraction of sp³-hybridized carbons (Fsp3) is 0.190. The van der Waals surface area contributed by atoms with Crippen LogP contribution in [-0.2, 0) is 11.3 Å². The summed E-state index contributed by atoms with van der Waals surface area (Å²) < 4.78 is 0. The van der Waals surface area contributed by atoms with Crippen molar-refractivity contribution in [3.63, 3.8) is 0 Å². The third-order valence-corrected chi connectivity index (χ3v) is 5.51. The third-order valence-electron chi connectivity index (χ3n) is 4.23. The van der Waals surface area contributed by atoms with Gasteiger partial charge in [-0.25, -0.2) is 4.98 Å². The Morgan fingerprint density at radius 2 is 1.90 bits per heavy atom. The van der Waals surface area contributed by atoms with Crippen molar-refractivity contribution in [2.75, 3.05) is 18.5 Å². The Morgan fingerprint density at radius 3 is 2.59 bits per heavy atom. The molecular weight excluding hydrogens is 410 g/mol. The van der Waals surface area contributed by atoms with Gasteiger partial charge in [0.25, 0.3) is 5.91 Å². The van der Waals surface area contributed by atoms with Gasteiger partial charge < -0.3 is 15.3 Å². The van der Waals surface area contributed by atoms with Gasteiger partial charge in [0.15, 0.2) is 5.13 Å². The van der Waals surface area contributed by atoms with Crippen LogP contribution in [0.25, 0.3) is 11.3 Å². The second kappa shape index (κ2) is 9.54. The molecule has 0 aliphatic carbocycles. The van der Waals surface area contributed by atoms with E-state index in [1.54, 1.807) is 23.5 Å². The largest absolute Gasteiger partial charge is 0.481 e. The molecular formula is C21H20ClN3O3S. The van der Waals surface area contributed by atoms with E-state index in [-0.39, 0.29) is 18.9 Å². The van der Waals surface area contributed by atoms with Gasteiger partial charge in [0.1, 0.15) is 0 Å².